The monoisotopic (exact) mass is 296 g/mol. The zero-order valence-electron chi connectivity index (χ0n) is 13.9. The van der Waals surface area contributed by atoms with Gasteiger partial charge in [0.05, 0.1) is 12.1 Å². The first kappa shape index (κ1) is 18.2. The van der Waals surface area contributed by atoms with Crippen LogP contribution in [0.4, 0.5) is 0 Å². The Morgan fingerprint density at radius 2 is 1.27 bits per heavy atom. The van der Waals surface area contributed by atoms with Crippen molar-refractivity contribution in [1.82, 2.24) is 0 Å². The summed E-state index contributed by atoms with van der Waals surface area (Å²) in [6.07, 6.45) is 11.9. The molecule has 1 aromatic carbocycles. The molecule has 0 aliphatic heterocycles. The van der Waals surface area contributed by atoms with Crippen LogP contribution in [0.2, 0.25) is 0 Å². The molecule has 0 aromatic heterocycles. The van der Waals surface area contributed by atoms with Gasteiger partial charge in [-0.3, -0.25) is 0 Å². The largest absolute Gasteiger partial charge is 0.196 e. The lowest BCUT2D eigenvalue weighted by molar-refractivity contribution is 0.523. The normalized spacial score (nSPS) is 10.9. The molecule has 0 unspecified atom stereocenters. The van der Waals surface area contributed by atoms with Gasteiger partial charge in [-0.2, -0.15) is 10.5 Å². The molecule has 2 nitrogen and oxygen atoms in total. The molecule has 0 saturated heterocycles. The molecule has 0 aliphatic carbocycles. The van der Waals surface area contributed by atoms with E-state index in [1.807, 2.05) is 30.3 Å². The van der Waals surface area contributed by atoms with Crippen molar-refractivity contribution in [2.75, 3.05) is 0 Å². The molecule has 0 saturated carbocycles. The first-order valence-electron chi connectivity index (χ1n) is 8.67. The molecule has 0 atom stereocenters. The van der Waals surface area contributed by atoms with Gasteiger partial charge in [0.15, 0.2) is 5.41 Å². The van der Waals surface area contributed by atoms with Crippen LogP contribution in [0, 0.1) is 22.7 Å². The Morgan fingerprint density at radius 1 is 0.773 bits per heavy atom. The summed E-state index contributed by atoms with van der Waals surface area (Å²) in [4.78, 5) is 0. The Balaban J connectivity index is 2.30. The topological polar surface area (TPSA) is 47.6 Å². The van der Waals surface area contributed by atoms with Crippen LogP contribution in [0.3, 0.4) is 0 Å². The molecule has 118 valence electrons. The number of nitriles is 2. The van der Waals surface area contributed by atoms with Crippen molar-refractivity contribution in [2.45, 2.75) is 76.5 Å². The smallest absolute Gasteiger partial charge is 0.168 e. The zero-order valence-corrected chi connectivity index (χ0v) is 13.9. The SMILES string of the molecule is CCCCCCCCCCCC(C#N)(C#N)c1ccccc1. The summed E-state index contributed by atoms with van der Waals surface area (Å²) in [5.41, 5.74) is -0.137. The molecule has 0 radical (unpaired) electrons. The van der Waals surface area contributed by atoms with Crippen LogP contribution in [-0.4, -0.2) is 0 Å². The maximum Gasteiger partial charge on any atom is 0.168 e. The molecular formula is C20H28N2. The quantitative estimate of drug-likeness (QED) is 0.478. The molecule has 0 fully saturated rings. The van der Waals surface area contributed by atoms with Crippen LogP contribution in [0.25, 0.3) is 0 Å². The maximum absolute atomic E-state index is 9.48. The fourth-order valence-electron chi connectivity index (χ4n) is 2.83. The summed E-state index contributed by atoms with van der Waals surface area (Å²) >= 11 is 0. The van der Waals surface area contributed by atoms with E-state index in [0.29, 0.717) is 6.42 Å². The minimum absolute atomic E-state index is 0.639. The minimum Gasteiger partial charge on any atom is -0.196 e. The lowest BCUT2D eigenvalue weighted by Gasteiger charge is -2.18. The second kappa shape index (κ2) is 10.9. The predicted octanol–water partition coefficient (Wildman–Crippen LogP) is 5.89. The molecule has 1 rings (SSSR count). The Morgan fingerprint density at radius 3 is 1.77 bits per heavy atom. The van der Waals surface area contributed by atoms with Gasteiger partial charge in [0.1, 0.15) is 0 Å². The first-order valence-corrected chi connectivity index (χ1v) is 8.67. The zero-order chi connectivity index (χ0) is 16.1. The van der Waals surface area contributed by atoms with Crippen LogP contribution >= 0.6 is 0 Å². The number of hydrogen-bond acceptors (Lipinski definition) is 2. The lowest BCUT2D eigenvalue weighted by Crippen LogP contribution is -2.21. The summed E-state index contributed by atoms with van der Waals surface area (Å²) in [6.45, 7) is 2.24. The molecule has 1 aromatic rings. The molecular weight excluding hydrogens is 268 g/mol. The van der Waals surface area contributed by atoms with Crippen molar-refractivity contribution in [1.29, 1.82) is 10.5 Å². The Hall–Kier alpha value is -1.80. The van der Waals surface area contributed by atoms with Gasteiger partial charge in [-0.15, -0.1) is 0 Å². The molecule has 0 aliphatic rings. The summed E-state index contributed by atoms with van der Waals surface area (Å²) in [5.74, 6) is 0. The van der Waals surface area contributed by atoms with E-state index < -0.39 is 5.41 Å². The summed E-state index contributed by atoms with van der Waals surface area (Å²) < 4.78 is 0. The minimum atomic E-state index is -0.970. The third-order valence-electron chi connectivity index (χ3n) is 4.30. The standard InChI is InChI=1S/C20H28N2/c1-2-3-4-5-6-7-8-9-13-16-20(17-21,18-22)19-14-11-10-12-15-19/h10-12,14-15H,2-9,13,16H2,1H3. The van der Waals surface area contributed by atoms with E-state index in [-0.39, 0.29) is 0 Å². The second-order valence-electron chi connectivity index (χ2n) is 6.07. The van der Waals surface area contributed by atoms with E-state index in [1.165, 1.54) is 44.9 Å². The van der Waals surface area contributed by atoms with Gasteiger partial charge in [0.25, 0.3) is 0 Å². The van der Waals surface area contributed by atoms with Crippen molar-refractivity contribution in [3.63, 3.8) is 0 Å². The summed E-state index contributed by atoms with van der Waals surface area (Å²) in [7, 11) is 0. The molecule has 0 bridgehead atoms. The van der Waals surface area contributed by atoms with Crippen LogP contribution in [0.15, 0.2) is 30.3 Å². The van der Waals surface area contributed by atoms with E-state index >= 15 is 0 Å². The van der Waals surface area contributed by atoms with Gasteiger partial charge in [-0.1, -0.05) is 95.0 Å². The molecule has 0 heterocycles. The number of rotatable bonds is 11. The van der Waals surface area contributed by atoms with E-state index in [2.05, 4.69) is 19.1 Å². The van der Waals surface area contributed by atoms with Gasteiger partial charge in [0, 0.05) is 0 Å². The van der Waals surface area contributed by atoms with Crippen LogP contribution in [0.5, 0.6) is 0 Å². The molecule has 22 heavy (non-hydrogen) atoms. The van der Waals surface area contributed by atoms with Crippen LogP contribution in [-0.2, 0) is 5.41 Å². The Kier molecular flexibility index (Phi) is 9.01. The number of unbranched alkanes of at least 4 members (excludes halogenated alkanes) is 8. The first-order chi connectivity index (χ1) is 10.8. The third-order valence-corrected chi connectivity index (χ3v) is 4.30. The summed E-state index contributed by atoms with van der Waals surface area (Å²) in [6, 6.07) is 14.0. The van der Waals surface area contributed by atoms with E-state index in [1.54, 1.807) is 0 Å². The highest BCUT2D eigenvalue weighted by Crippen LogP contribution is 2.29. The van der Waals surface area contributed by atoms with Gasteiger partial charge in [-0.25, -0.2) is 0 Å². The maximum atomic E-state index is 9.48. The van der Waals surface area contributed by atoms with E-state index in [0.717, 1.165) is 18.4 Å². The molecule has 0 spiro atoms. The van der Waals surface area contributed by atoms with Gasteiger partial charge in [-0.05, 0) is 12.0 Å². The lowest BCUT2D eigenvalue weighted by atomic mass is 9.79. The number of nitrogens with zero attached hydrogens (tertiary/aromatic N) is 2. The van der Waals surface area contributed by atoms with Gasteiger partial charge < -0.3 is 0 Å². The average Bonchev–Trinajstić information content (AvgIpc) is 2.58. The van der Waals surface area contributed by atoms with E-state index in [9.17, 15) is 10.5 Å². The highest BCUT2D eigenvalue weighted by atomic mass is 14.4. The second-order valence-corrected chi connectivity index (χ2v) is 6.07. The fourth-order valence-corrected chi connectivity index (χ4v) is 2.83. The Bertz CT molecular complexity index is 465. The highest BCUT2D eigenvalue weighted by molar-refractivity contribution is 5.39. The number of benzene rings is 1. The van der Waals surface area contributed by atoms with Gasteiger partial charge in [0.2, 0.25) is 0 Å². The van der Waals surface area contributed by atoms with Crippen molar-refractivity contribution >= 4 is 0 Å². The van der Waals surface area contributed by atoms with Crippen molar-refractivity contribution in [3.8, 4) is 12.1 Å². The molecule has 0 amide bonds. The average molecular weight is 296 g/mol. The molecule has 0 N–H and O–H groups in total. The fraction of sp³-hybridized carbons (Fsp3) is 0.600. The van der Waals surface area contributed by atoms with Crippen LogP contribution < -0.4 is 0 Å². The highest BCUT2D eigenvalue weighted by Gasteiger charge is 2.31. The third kappa shape index (κ3) is 5.90. The van der Waals surface area contributed by atoms with Crippen molar-refractivity contribution in [3.05, 3.63) is 35.9 Å². The van der Waals surface area contributed by atoms with E-state index in [4.69, 9.17) is 0 Å². The number of hydrogen-bond donors (Lipinski definition) is 0. The summed E-state index contributed by atoms with van der Waals surface area (Å²) in [5, 5.41) is 19.0. The van der Waals surface area contributed by atoms with Crippen molar-refractivity contribution < 1.29 is 0 Å². The van der Waals surface area contributed by atoms with Gasteiger partial charge >= 0.3 is 0 Å². The van der Waals surface area contributed by atoms with Crippen LogP contribution in [0.1, 0.15) is 76.7 Å². The van der Waals surface area contributed by atoms with Crippen molar-refractivity contribution in [2.24, 2.45) is 0 Å². The Labute approximate surface area is 135 Å². The molecule has 2 heteroatoms. The predicted molar refractivity (Wildman–Crippen MR) is 91.2 cm³/mol.